The van der Waals surface area contributed by atoms with E-state index in [1.54, 1.807) is 18.2 Å². The summed E-state index contributed by atoms with van der Waals surface area (Å²) in [6.07, 6.45) is 1.35. The number of anilines is 1. The lowest BCUT2D eigenvalue weighted by atomic mass is 10.2. The van der Waals surface area contributed by atoms with Crippen LogP contribution in [-0.2, 0) is 4.79 Å². The number of nitro benzene ring substituents is 1. The van der Waals surface area contributed by atoms with Gasteiger partial charge in [-0.1, -0.05) is 33.6 Å². The van der Waals surface area contributed by atoms with Crippen LogP contribution in [0.4, 0.5) is 11.4 Å². The minimum absolute atomic E-state index is 0.0286. The van der Waals surface area contributed by atoms with E-state index in [0.29, 0.717) is 10.0 Å². The van der Waals surface area contributed by atoms with Crippen molar-refractivity contribution in [2.75, 3.05) is 11.9 Å². The summed E-state index contributed by atoms with van der Waals surface area (Å²) in [6, 6.07) is 17.6. The molecule has 2 N–H and O–H groups in total. The fourth-order valence-corrected chi connectivity index (χ4v) is 3.04. The van der Waals surface area contributed by atoms with E-state index < -0.39 is 10.9 Å². The first-order valence-electron chi connectivity index (χ1n) is 9.70. The molecule has 0 aliphatic heterocycles. The molecule has 0 aromatic heterocycles. The summed E-state index contributed by atoms with van der Waals surface area (Å²) >= 11 is 3.34. The molecule has 0 radical (unpaired) electrons. The van der Waals surface area contributed by atoms with Crippen molar-refractivity contribution in [3.8, 4) is 5.75 Å². The first-order valence-corrected chi connectivity index (χ1v) is 10.5. The van der Waals surface area contributed by atoms with E-state index in [1.807, 2.05) is 31.2 Å². The molecule has 1 amide bonds. The summed E-state index contributed by atoms with van der Waals surface area (Å²) < 4.78 is 6.13. The quantitative estimate of drug-likeness (QED) is 0.152. The molecule has 0 unspecified atom stereocenters. The van der Waals surface area contributed by atoms with Crippen LogP contribution in [0.3, 0.4) is 0 Å². The van der Waals surface area contributed by atoms with Crippen molar-refractivity contribution in [1.29, 1.82) is 0 Å². The first kappa shape index (κ1) is 23.6. The van der Waals surface area contributed by atoms with Gasteiger partial charge in [0, 0.05) is 27.9 Å². The van der Waals surface area contributed by atoms with E-state index in [4.69, 9.17) is 4.74 Å². The molecule has 3 aromatic rings. The molecular weight excluding hydrogens is 492 g/mol. The van der Waals surface area contributed by atoms with Crippen LogP contribution in [-0.4, -0.2) is 29.6 Å². The summed E-state index contributed by atoms with van der Waals surface area (Å²) in [5, 5.41) is 17.7. The summed E-state index contributed by atoms with van der Waals surface area (Å²) in [6.45, 7) is 2.01. The van der Waals surface area contributed by atoms with Crippen molar-refractivity contribution in [1.82, 2.24) is 5.43 Å². The van der Waals surface area contributed by atoms with Crippen molar-refractivity contribution in [2.24, 2.45) is 5.10 Å². The maximum Gasteiger partial charge on any atom is 0.343 e. The van der Waals surface area contributed by atoms with Gasteiger partial charge in [-0.05, 0) is 49.4 Å². The standard InChI is InChI=1S/C23H19BrN4O5/c1-15-2-7-19(8-3-15)25-14-22(29)27-26-13-17-12-18(24)6-11-21(17)33-23(30)16-4-9-20(10-5-16)28(31)32/h2-13,25H,14H2,1H3,(H,27,29)/b26-13-. The maximum absolute atomic E-state index is 12.4. The number of nitrogens with one attached hydrogen (secondary N) is 2. The average Bonchev–Trinajstić information content (AvgIpc) is 2.80. The molecule has 0 heterocycles. The fourth-order valence-electron chi connectivity index (χ4n) is 2.66. The number of hydrazone groups is 1. The van der Waals surface area contributed by atoms with Gasteiger partial charge in [0.1, 0.15) is 5.75 Å². The maximum atomic E-state index is 12.4. The zero-order valence-electron chi connectivity index (χ0n) is 17.4. The Labute approximate surface area is 197 Å². The second kappa shape index (κ2) is 11.0. The molecule has 0 aliphatic rings. The highest BCUT2D eigenvalue weighted by Gasteiger charge is 2.14. The number of non-ortho nitro benzene ring substituents is 1. The summed E-state index contributed by atoms with van der Waals surface area (Å²) in [4.78, 5) is 34.7. The van der Waals surface area contributed by atoms with Crippen LogP contribution >= 0.6 is 15.9 Å². The number of aryl methyl sites for hydroxylation is 1. The normalized spacial score (nSPS) is 10.6. The predicted octanol–water partition coefficient (Wildman–Crippen LogP) is 4.45. The number of hydrogen-bond donors (Lipinski definition) is 2. The second-order valence-corrected chi connectivity index (χ2v) is 7.80. The first-order chi connectivity index (χ1) is 15.8. The van der Waals surface area contributed by atoms with Crippen molar-refractivity contribution in [2.45, 2.75) is 6.92 Å². The lowest BCUT2D eigenvalue weighted by Crippen LogP contribution is -2.25. The van der Waals surface area contributed by atoms with Crippen LogP contribution in [0.25, 0.3) is 0 Å². The van der Waals surface area contributed by atoms with Crippen molar-refractivity contribution in [3.63, 3.8) is 0 Å². The monoisotopic (exact) mass is 510 g/mol. The number of carbonyl (C=O) groups is 2. The number of hydrogen-bond acceptors (Lipinski definition) is 7. The van der Waals surface area contributed by atoms with E-state index in [0.717, 1.165) is 11.3 Å². The van der Waals surface area contributed by atoms with Gasteiger partial charge in [-0.15, -0.1) is 0 Å². The van der Waals surface area contributed by atoms with E-state index >= 15 is 0 Å². The smallest absolute Gasteiger partial charge is 0.343 e. The van der Waals surface area contributed by atoms with E-state index in [2.05, 4.69) is 31.8 Å². The fraction of sp³-hybridized carbons (Fsp3) is 0.0870. The Hall–Kier alpha value is -4.05. The molecule has 0 saturated carbocycles. The second-order valence-electron chi connectivity index (χ2n) is 6.89. The van der Waals surface area contributed by atoms with Crippen LogP contribution in [0, 0.1) is 17.0 Å². The number of nitro groups is 1. The Morgan fingerprint density at radius 3 is 2.45 bits per heavy atom. The molecule has 10 heteroatoms. The number of esters is 1. The third-order valence-electron chi connectivity index (χ3n) is 4.39. The molecular formula is C23H19BrN4O5. The number of amides is 1. The van der Waals surface area contributed by atoms with Crippen LogP contribution in [0.1, 0.15) is 21.5 Å². The SMILES string of the molecule is Cc1ccc(NCC(=O)N/N=C\c2cc(Br)ccc2OC(=O)c2ccc([N+](=O)[O-])cc2)cc1. The highest BCUT2D eigenvalue weighted by molar-refractivity contribution is 9.10. The Bertz CT molecular complexity index is 1190. The Balaban J connectivity index is 1.62. The van der Waals surface area contributed by atoms with Gasteiger partial charge in [-0.2, -0.15) is 5.10 Å². The number of ether oxygens (including phenoxy) is 1. The van der Waals surface area contributed by atoms with E-state index in [1.165, 1.54) is 30.5 Å². The number of rotatable bonds is 8. The Kier molecular flexibility index (Phi) is 7.87. The van der Waals surface area contributed by atoms with Crippen molar-refractivity contribution in [3.05, 3.63) is 98.0 Å². The predicted molar refractivity (Wildman–Crippen MR) is 128 cm³/mol. The molecule has 9 nitrogen and oxygen atoms in total. The van der Waals surface area contributed by atoms with Gasteiger partial charge in [-0.25, -0.2) is 10.2 Å². The molecule has 0 atom stereocenters. The molecule has 0 saturated heterocycles. The molecule has 0 bridgehead atoms. The number of nitrogens with zero attached hydrogens (tertiary/aromatic N) is 2. The summed E-state index contributed by atoms with van der Waals surface area (Å²) in [5.74, 6) is -0.836. The van der Waals surface area contributed by atoms with Crippen LogP contribution in [0.2, 0.25) is 0 Å². The van der Waals surface area contributed by atoms with Gasteiger partial charge >= 0.3 is 5.97 Å². The molecule has 0 aliphatic carbocycles. The van der Waals surface area contributed by atoms with Crippen LogP contribution in [0.15, 0.2) is 76.3 Å². The van der Waals surface area contributed by atoms with Crippen molar-refractivity contribution < 1.29 is 19.2 Å². The summed E-state index contributed by atoms with van der Waals surface area (Å²) in [7, 11) is 0. The third kappa shape index (κ3) is 6.97. The molecule has 33 heavy (non-hydrogen) atoms. The minimum Gasteiger partial charge on any atom is -0.422 e. The van der Waals surface area contributed by atoms with Gasteiger partial charge in [0.05, 0.1) is 23.2 Å². The molecule has 0 fully saturated rings. The zero-order chi connectivity index (χ0) is 23.8. The zero-order valence-corrected chi connectivity index (χ0v) is 19.0. The van der Waals surface area contributed by atoms with Crippen molar-refractivity contribution >= 4 is 45.4 Å². The van der Waals surface area contributed by atoms with Crippen LogP contribution in [0.5, 0.6) is 5.75 Å². The summed E-state index contributed by atoms with van der Waals surface area (Å²) in [5.41, 5.74) is 4.80. The number of benzene rings is 3. The van der Waals surface area contributed by atoms with E-state index in [-0.39, 0.29) is 29.5 Å². The molecule has 3 rings (SSSR count). The minimum atomic E-state index is -0.687. The van der Waals surface area contributed by atoms with Gasteiger partial charge in [-0.3, -0.25) is 14.9 Å². The average molecular weight is 511 g/mol. The largest absolute Gasteiger partial charge is 0.422 e. The third-order valence-corrected chi connectivity index (χ3v) is 4.88. The number of halogens is 1. The highest BCUT2D eigenvalue weighted by atomic mass is 79.9. The molecule has 3 aromatic carbocycles. The topological polar surface area (TPSA) is 123 Å². The Morgan fingerprint density at radius 2 is 1.79 bits per heavy atom. The molecule has 168 valence electrons. The Morgan fingerprint density at radius 1 is 1.09 bits per heavy atom. The van der Waals surface area contributed by atoms with Gasteiger partial charge in [0.2, 0.25) is 0 Å². The highest BCUT2D eigenvalue weighted by Crippen LogP contribution is 2.23. The van der Waals surface area contributed by atoms with Gasteiger partial charge in [0.25, 0.3) is 11.6 Å². The van der Waals surface area contributed by atoms with Gasteiger partial charge < -0.3 is 10.1 Å². The molecule has 0 spiro atoms. The lowest BCUT2D eigenvalue weighted by molar-refractivity contribution is -0.384. The number of carbonyl (C=O) groups excluding carboxylic acids is 2. The van der Waals surface area contributed by atoms with E-state index in [9.17, 15) is 19.7 Å². The van der Waals surface area contributed by atoms with Crippen LogP contribution < -0.4 is 15.5 Å². The van der Waals surface area contributed by atoms with Gasteiger partial charge in [0.15, 0.2) is 0 Å². The lowest BCUT2D eigenvalue weighted by Gasteiger charge is -2.08.